The Morgan fingerprint density at radius 1 is 1.24 bits per heavy atom. The van der Waals surface area contributed by atoms with Crippen LogP contribution in [0.15, 0.2) is 18.2 Å². The number of rotatable bonds is 6. The lowest BCUT2D eigenvalue weighted by atomic mass is 9.97. The van der Waals surface area contributed by atoms with E-state index in [1.54, 1.807) is 14.2 Å². The number of nitrogens with one attached hydrogen (secondary N) is 1. The molecule has 0 aromatic heterocycles. The highest BCUT2D eigenvalue weighted by atomic mass is 16.5. The normalized spacial score (nSPS) is 26.6. The first kappa shape index (κ1) is 16.1. The van der Waals surface area contributed by atoms with Gasteiger partial charge in [0.25, 0.3) is 0 Å². The van der Waals surface area contributed by atoms with Gasteiger partial charge in [0.2, 0.25) is 0 Å². The zero-order valence-corrected chi connectivity index (χ0v) is 13.4. The molecule has 21 heavy (non-hydrogen) atoms. The van der Waals surface area contributed by atoms with Gasteiger partial charge in [-0.25, -0.2) is 0 Å². The average molecular weight is 293 g/mol. The van der Waals surface area contributed by atoms with Gasteiger partial charge in [0.15, 0.2) is 0 Å². The first-order chi connectivity index (χ1) is 10.1. The third-order valence-corrected chi connectivity index (χ3v) is 4.83. The molecule has 4 heteroatoms. The molecular formula is C17H27NO3. The Morgan fingerprint density at radius 2 is 2.00 bits per heavy atom. The Kier molecular flexibility index (Phi) is 5.48. The van der Waals surface area contributed by atoms with Crippen molar-refractivity contribution in [1.29, 1.82) is 0 Å². The minimum Gasteiger partial charge on any atom is -0.497 e. The summed E-state index contributed by atoms with van der Waals surface area (Å²) in [6.07, 6.45) is 1.85. The Hall–Kier alpha value is -1.26. The quantitative estimate of drug-likeness (QED) is 0.847. The number of benzene rings is 1. The zero-order chi connectivity index (χ0) is 15.4. The predicted molar refractivity (Wildman–Crippen MR) is 83.9 cm³/mol. The van der Waals surface area contributed by atoms with E-state index in [-0.39, 0.29) is 0 Å². The van der Waals surface area contributed by atoms with Gasteiger partial charge in [0.1, 0.15) is 11.5 Å². The predicted octanol–water partition coefficient (Wildman–Crippen LogP) is 2.76. The number of methoxy groups -OCH3 is 2. The van der Waals surface area contributed by atoms with Crippen molar-refractivity contribution in [3.05, 3.63) is 23.8 Å². The summed E-state index contributed by atoms with van der Waals surface area (Å²) in [5.41, 5.74) is 0.767. The number of aliphatic hydroxyl groups excluding tert-OH is 1. The average Bonchev–Trinajstić information content (AvgIpc) is 2.83. The fourth-order valence-electron chi connectivity index (χ4n) is 3.13. The highest BCUT2D eigenvalue weighted by Gasteiger charge is 2.29. The summed E-state index contributed by atoms with van der Waals surface area (Å²) in [6, 6.07) is 6.00. The lowest BCUT2D eigenvalue weighted by Gasteiger charge is -2.22. The van der Waals surface area contributed by atoms with E-state index in [2.05, 4.69) is 19.2 Å². The molecule has 1 fully saturated rings. The highest BCUT2D eigenvalue weighted by molar-refractivity contribution is 5.41. The molecule has 1 saturated carbocycles. The topological polar surface area (TPSA) is 50.7 Å². The molecule has 0 aliphatic heterocycles. The molecule has 1 aliphatic rings. The smallest absolute Gasteiger partial charge is 0.124 e. The van der Waals surface area contributed by atoms with Gasteiger partial charge < -0.3 is 19.9 Å². The van der Waals surface area contributed by atoms with Crippen molar-refractivity contribution < 1.29 is 14.6 Å². The second-order valence-corrected chi connectivity index (χ2v) is 6.05. The number of hydrogen-bond acceptors (Lipinski definition) is 4. The van der Waals surface area contributed by atoms with Crippen molar-refractivity contribution >= 4 is 0 Å². The molecule has 0 saturated heterocycles. The van der Waals surface area contributed by atoms with Crippen LogP contribution >= 0.6 is 0 Å². The Morgan fingerprint density at radius 3 is 2.57 bits per heavy atom. The van der Waals surface area contributed by atoms with Crippen LogP contribution < -0.4 is 14.8 Å². The lowest BCUT2D eigenvalue weighted by Crippen LogP contribution is -2.35. The molecule has 0 radical (unpaired) electrons. The van der Waals surface area contributed by atoms with E-state index in [9.17, 15) is 5.11 Å². The van der Waals surface area contributed by atoms with E-state index in [0.29, 0.717) is 24.3 Å². The van der Waals surface area contributed by atoms with Crippen molar-refractivity contribution in [3.63, 3.8) is 0 Å². The molecule has 2 rings (SSSR count). The summed E-state index contributed by atoms with van der Waals surface area (Å²) in [6.45, 7) is 5.12. The van der Waals surface area contributed by atoms with Crippen molar-refractivity contribution in [3.8, 4) is 11.5 Å². The third kappa shape index (κ3) is 3.69. The molecule has 0 bridgehead atoms. The minimum absolute atomic E-state index is 0.492. The van der Waals surface area contributed by atoms with E-state index in [4.69, 9.17) is 9.47 Å². The lowest BCUT2D eigenvalue weighted by molar-refractivity contribution is 0.161. The van der Waals surface area contributed by atoms with Crippen molar-refractivity contribution in [1.82, 2.24) is 5.32 Å². The number of ether oxygens (including phenoxy) is 2. The second-order valence-electron chi connectivity index (χ2n) is 6.05. The molecule has 0 spiro atoms. The maximum absolute atomic E-state index is 10.5. The van der Waals surface area contributed by atoms with Crippen LogP contribution in [0.5, 0.6) is 11.5 Å². The first-order valence-corrected chi connectivity index (χ1v) is 7.70. The summed E-state index contributed by atoms with van der Waals surface area (Å²) in [5, 5.41) is 14.0. The molecule has 4 nitrogen and oxygen atoms in total. The Labute approximate surface area is 127 Å². The molecule has 4 unspecified atom stereocenters. The van der Waals surface area contributed by atoms with Crippen molar-refractivity contribution in [2.24, 2.45) is 11.8 Å². The van der Waals surface area contributed by atoms with Crippen LogP contribution in [0.25, 0.3) is 0 Å². The van der Waals surface area contributed by atoms with Crippen LogP contribution in [-0.4, -0.2) is 31.9 Å². The van der Waals surface area contributed by atoms with Crippen LogP contribution in [0.4, 0.5) is 0 Å². The van der Waals surface area contributed by atoms with Gasteiger partial charge >= 0.3 is 0 Å². The summed E-state index contributed by atoms with van der Waals surface area (Å²) >= 11 is 0. The van der Waals surface area contributed by atoms with E-state index >= 15 is 0 Å². The van der Waals surface area contributed by atoms with Crippen LogP contribution in [0, 0.1) is 11.8 Å². The maximum atomic E-state index is 10.5. The summed E-state index contributed by atoms with van der Waals surface area (Å²) in [5.74, 6) is 2.83. The number of hydrogen-bond donors (Lipinski definition) is 2. The first-order valence-electron chi connectivity index (χ1n) is 7.70. The molecule has 0 amide bonds. The van der Waals surface area contributed by atoms with E-state index < -0.39 is 6.10 Å². The van der Waals surface area contributed by atoms with Gasteiger partial charge in [0, 0.05) is 18.2 Å². The minimum atomic E-state index is -0.599. The Balaban J connectivity index is 2.01. The molecule has 1 aromatic carbocycles. The molecule has 118 valence electrons. The zero-order valence-electron chi connectivity index (χ0n) is 13.4. The van der Waals surface area contributed by atoms with Gasteiger partial charge in [-0.2, -0.15) is 0 Å². The van der Waals surface area contributed by atoms with Crippen molar-refractivity contribution in [2.75, 3.05) is 20.8 Å². The fraction of sp³-hybridized carbons (Fsp3) is 0.647. The van der Waals surface area contributed by atoms with Gasteiger partial charge in [-0.3, -0.25) is 0 Å². The van der Waals surface area contributed by atoms with Gasteiger partial charge in [-0.1, -0.05) is 13.8 Å². The van der Waals surface area contributed by atoms with E-state index in [1.807, 2.05) is 18.2 Å². The summed E-state index contributed by atoms with van der Waals surface area (Å²) in [4.78, 5) is 0. The standard InChI is InChI=1S/C17H27NO3/c1-11-5-7-15(12(11)2)18-10-16(19)14-9-13(20-3)6-8-17(14)21-4/h6,8-9,11-12,15-16,18-19H,5,7,10H2,1-4H3. The molecular weight excluding hydrogens is 266 g/mol. The summed E-state index contributed by atoms with van der Waals surface area (Å²) < 4.78 is 10.6. The monoisotopic (exact) mass is 293 g/mol. The molecule has 1 aromatic rings. The SMILES string of the molecule is COc1ccc(OC)c(C(O)CNC2CCC(C)C2C)c1. The van der Waals surface area contributed by atoms with Crippen LogP contribution in [0.1, 0.15) is 38.4 Å². The molecule has 1 aliphatic carbocycles. The van der Waals surface area contributed by atoms with E-state index in [1.165, 1.54) is 12.8 Å². The maximum Gasteiger partial charge on any atom is 0.124 e. The highest BCUT2D eigenvalue weighted by Crippen LogP contribution is 2.32. The number of aliphatic hydroxyl groups is 1. The Bertz CT molecular complexity index is 463. The van der Waals surface area contributed by atoms with Crippen LogP contribution in [0.2, 0.25) is 0 Å². The summed E-state index contributed by atoms with van der Waals surface area (Å²) in [7, 11) is 3.24. The van der Waals surface area contributed by atoms with Crippen LogP contribution in [0.3, 0.4) is 0 Å². The molecule has 0 heterocycles. The molecule has 4 atom stereocenters. The molecule has 2 N–H and O–H groups in total. The van der Waals surface area contributed by atoms with Crippen molar-refractivity contribution in [2.45, 2.75) is 38.8 Å². The van der Waals surface area contributed by atoms with E-state index in [0.717, 1.165) is 17.2 Å². The largest absolute Gasteiger partial charge is 0.497 e. The van der Waals surface area contributed by atoms with Crippen LogP contribution in [-0.2, 0) is 0 Å². The van der Waals surface area contributed by atoms with Gasteiger partial charge in [-0.05, 0) is 42.9 Å². The van der Waals surface area contributed by atoms with Gasteiger partial charge in [-0.15, -0.1) is 0 Å². The second kappa shape index (κ2) is 7.14. The fourth-order valence-corrected chi connectivity index (χ4v) is 3.13. The van der Waals surface area contributed by atoms with Gasteiger partial charge in [0.05, 0.1) is 20.3 Å². The third-order valence-electron chi connectivity index (χ3n) is 4.83.